The van der Waals surface area contributed by atoms with Gasteiger partial charge in [-0.15, -0.1) is 0 Å². The summed E-state index contributed by atoms with van der Waals surface area (Å²) < 4.78 is 42.0. The molecule has 0 spiro atoms. The number of carboxylic acid groups (broad SMARTS) is 1. The standard InChI is InChI=1S/C19H24F3NO4/c1-11-6-13(7-12(2)16(11)27-10-19(20,21)22)9-23(3)17(24)14-4-5-15(8-14)18(25)26/h6-7,14-15H,4-5,8-10H2,1-3H3,(H,25,26)/t14-,15+/m1/s1. The Morgan fingerprint density at radius 3 is 2.22 bits per heavy atom. The van der Waals surface area contributed by atoms with Crippen LogP contribution in [-0.4, -0.2) is 41.7 Å². The number of hydrogen-bond donors (Lipinski definition) is 1. The third-order valence-corrected chi connectivity index (χ3v) is 4.83. The fourth-order valence-electron chi connectivity index (χ4n) is 3.61. The summed E-state index contributed by atoms with van der Waals surface area (Å²) in [6.07, 6.45) is -2.99. The molecule has 0 unspecified atom stereocenters. The Balaban J connectivity index is 2.02. The molecule has 150 valence electrons. The molecule has 2 rings (SSSR count). The van der Waals surface area contributed by atoms with Gasteiger partial charge in [-0.2, -0.15) is 13.2 Å². The SMILES string of the molecule is Cc1cc(CN(C)C(=O)[C@@H]2CC[C@H](C(=O)O)C2)cc(C)c1OCC(F)(F)F. The van der Waals surface area contributed by atoms with Gasteiger partial charge < -0.3 is 14.7 Å². The molecule has 1 saturated carbocycles. The summed E-state index contributed by atoms with van der Waals surface area (Å²) in [7, 11) is 1.65. The number of carbonyl (C=O) groups is 2. The van der Waals surface area contributed by atoms with E-state index < -0.39 is 24.7 Å². The minimum absolute atomic E-state index is 0.105. The van der Waals surface area contributed by atoms with Crippen LogP contribution in [0.3, 0.4) is 0 Å². The number of halogens is 3. The Morgan fingerprint density at radius 1 is 1.19 bits per heavy atom. The fourth-order valence-corrected chi connectivity index (χ4v) is 3.61. The molecule has 5 nitrogen and oxygen atoms in total. The molecule has 27 heavy (non-hydrogen) atoms. The van der Waals surface area contributed by atoms with Crippen LogP contribution in [0, 0.1) is 25.7 Å². The summed E-state index contributed by atoms with van der Waals surface area (Å²) >= 11 is 0. The van der Waals surface area contributed by atoms with Crippen LogP contribution in [0.2, 0.25) is 0 Å². The Hall–Kier alpha value is -2.25. The quantitative estimate of drug-likeness (QED) is 0.808. The minimum Gasteiger partial charge on any atom is -0.484 e. The van der Waals surface area contributed by atoms with Crippen LogP contribution in [-0.2, 0) is 16.1 Å². The number of rotatable bonds is 6. The van der Waals surface area contributed by atoms with Crippen molar-refractivity contribution in [1.29, 1.82) is 0 Å². The zero-order valence-electron chi connectivity index (χ0n) is 15.6. The Morgan fingerprint density at radius 2 is 1.74 bits per heavy atom. The molecule has 1 aromatic rings. The summed E-state index contributed by atoms with van der Waals surface area (Å²) in [6, 6.07) is 3.41. The predicted molar refractivity (Wildman–Crippen MR) is 92.4 cm³/mol. The average Bonchev–Trinajstić information content (AvgIpc) is 3.02. The summed E-state index contributed by atoms with van der Waals surface area (Å²) in [5.41, 5.74) is 1.93. The molecule has 0 saturated heterocycles. The van der Waals surface area contributed by atoms with Gasteiger partial charge in [0.1, 0.15) is 5.75 Å². The number of aryl methyl sites for hydroxylation is 2. The lowest BCUT2D eigenvalue weighted by Gasteiger charge is -2.22. The normalized spacial score (nSPS) is 19.8. The average molecular weight is 387 g/mol. The molecule has 8 heteroatoms. The van der Waals surface area contributed by atoms with Crippen LogP contribution >= 0.6 is 0 Å². The van der Waals surface area contributed by atoms with Crippen LogP contribution in [0.1, 0.15) is 36.0 Å². The summed E-state index contributed by atoms with van der Waals surface area (Å²) in [6.45, 7) is 2.28. The van der Waals surface area contributed by atoms with Gasteiger partial charge in [-0.05, 0) is 49.8 Å². The van der Waals surface area contributed by atoms with Gasteiger partial charge >= 0.3 is 12.1 Å². The molecule has 0 bridgehead atoms. The summed E-state index contributed by atoms with van der Waals surface area (Å²) in [4.78, 5) is 25.1. The number of nitrogens with zero attached hydrogens (tertiary/aromatic N) is 1. The third kappa shape index (κ3) is 5.61. The van der Waals surface area contributed by atoms with Crippen molar-refractivity contribution < 1.29 is 32.6 Å². The molecular weight excluding hydrogens is 363 g/mol. The molecule has 0 aromatic heterocycles. The van der Waals surface area contributed by atoms with Gasteiger partial charge in [0.25, 0.3) is 0 Å². The smallest absolute Gasteiger partial charge is 0.422 e. The number of aliphatic carboxylic acids is 1. The lowest BCUT2D eigenvalue weighted by molar-refractivity contribution is -0.153. The number of carbonyl (C=O) groups excluding carboxylic acids is 1. The van der Waals surface area contributed by atoms with E-state index in [1.54, 1.807) is 37.9 Å². The maximum Gasteiger partial charge on any atom is 0.422 e. The zero-order chi connectivity index (χ0) is 20.4. The Kier molecular flexibility index (Phi) is 6.38. The number of carboxylic acids is 1. The van der Waals surface area contributed by atoms with E-state index in [1.807, 2.05) is 0 Å². The summed E-state index contributed by atoms with van der Waals surface area (Å²) in [5, 5.41) is 9.06. The second-order valence-electron chi connectivity index (χ2n) is 7.20. The topological polar surface area (TPSA) is 66.8 Å². The van der Waals surface area contributed by atoms with E-state index in [-0.39, 0.29) is 17.6 Å². The van der Waals surface area contributed by atoms with E-state index in [9.17, 15) is 22.8 Å². The van der Waals surface area contributed by atoms with E-state index in [2.05, 4.69) is 0 Å². The van der Waals surface area contributed by atoms with E-state index in [0.717, 1.165) is 5.56 Å². The van der Waals surface area contributed by atoms with E-state index in [0.29, 0.717) is 36.9 Å². The zero-order valence-corrected chi connectivity index (χ0v) is 15.6. The van der Waals surface area contributed by atoms with Crippen molar-refractivity contribution in [1.82, 2.24) is 4.90 Å². The lowest BCUT2D eigenvalue weighted by Crippen LogP contribution is -2.31. The number of amides is 1. The highest BCUT2D eigenvalue weighted by Gasteiger charge is 2.35. The first kappa shape index (κ1) is 21.1. The summed E-state index contributed by atoms with van der Waals surface area (Å²) in [5.74, 6) is -1.54. The van der Waals surface area contributed by atoms with Crippen LogP contribution in [0.25, 0.3) is 0 Å². The van der Waals surface area contributed by atoms with Crippen molar-refractivity contribution in [2.45, 2.75) is 45.8 Å². The molecular formula is C19H24F3NO4. The first-order valence-corrected chi connectivity index (χ1v) is 8.75. The number of ether oxygens (including phenoxy) is 1. The van der Waals surface area contributed by atoms with Gasteiger partial charge in [-0.25, -0.2) is 0 Å². The first-order valence-electron chi connectivity index (χ1n) is 8.75. The highest BCUT2D eigenvalue weighted by Crippen LogP contribution is 2.33. The molecule has 0 heterocycles. The minimum atomic E-state index is -4.40. The van der Waals surface area contributed by atoms with Crippen LogP contribution in [0.4, 0.5) is 13.2 Å². The third-order valence-electron chi connectivity index (χ3n) is 4.83. The van der Waals surface area contributed by atoms with E-state index in [4.69, 9.17) is 9.84 Å². The number of alkyl halides is 3. The largest absolute Gasteiger partial charge is 0.484 e. The van der Waals surface area contributed by atoms with Gasteiger partial charge in [-0.1, -0.05) is 12.1 Å². The fraction of sp³-hybridized carbons (Fsp3) is 0.579. The van der Waals surface area contributed by atoms with Gasteiger partial charge in [0.2, 0.25) is 5.91 Å². The maximum atomic E-state index is 12.6. The highest BCUT2D eigenvalue weighted by atomic mass is 19.4. The van der Waals surface area contributed by atoms with Crippen molar-refractivity contribution in [3.8, 4) is 5.75 Å². The molecule has 1 fully saturated rings. The molecule has 1 aliphatic rings. The molecule has 0 aliphatic heterocycles. The number of benzene rings is 1. The van der Waals surface area contributed by atoms with Gasteiger partial charge in [0.05, 0.1) is 5.92 Å². The van der Waals surface area contributed by atoms with Crippen LogP contribution in [0.15, 0.2) is 12.1 Å². The Bertz CT molecular complexity index is 694. The molecule has 1 amide bonds. The monoisotopic (exact) mass is 387 g/mol. The van der Waals surface area contributed by atoms with Gasteiger partial charge in [-0.3, -0.25) is 9.59 Å². The maximum absolute atomic E-state index is 12.6. The number of hydrogen-bond acceptors (Lipinski definition) is 3. The molecule has 1 aromatic carbocycles. The second-order valence-corrected chi connectivity index (χ2v) is 7.20. The van der Waals surface area contributed by atoms with Crippen LogP contribution < -0.4 is 4.74 Å². The van der Waals surface area contributed by atoms with Crippen molar-refractivity contribution in [2.24, 2.45) is 11.8 Å². The molecule has 1 N–H and O–H groups in total. The van der Waals surface area contributed by atoms with Crippen molar-refractivity contribution in [3.05, 3.63) is 28.8 Å². The Labute approximate surface area is 156 Å². The van der Waals surface area contributed by atoms with Crippen LogP contribution in [0.5, 0.6) is 5.75 Å². The van der Waals surface area contributed by atoms with Gasteiger partial charge in [0, 0.05) is 19.5 Å². The van der Waals surface area contributed by atoms with E-state index >= 15 is 0 Å². The lowest BCUT2D eigenvalue weighted by atomic mass is 10.0. The van der Waals surface area contributed by atoms with E-state index in [1.165, 1.54) is 0 Å². The molecule has 2 atom stereocenters. The van der Waals surface area contributed by atoms with Gasteiger partial charge in [0.15, 0.2) is 6.61 Å². The van der Waals surface area contributed by atoms with Crippen molar-refractivity contribution in [3.63, 3.8) is 0 Å². The first-order chi connectivity index (χ1) is 12.5. The molecule has 0 radical (unpaired) electrons. The second kappa shape index (κ2) is 8.19. The predicted octanol–water partition coefficient (Wildman–Crippen LogP) is 3.70. The molecule has 1 aliphatic carbocycles. The van der Waals surface area contributed by atoms with Crippen molar-refractivity contribution >= 4 is 11.9 Å². The van der Waals surface area contributed by atoms with Crippen molar-refractivity contribution in [2.75, 3.05) is 13.7 Å². The highest BCUT2D eigenvalue weighted by molar-refractivity contribution is 5.80.